The normalized spacial score (nSPS) is 15.6. The molecular weight excluding hydrogens is 597 g/mol. The van der Waals surface area contributed by atoms with Crippen molar-refractivity contribution in [1.82, 2.24) is 0 Å². The van der Waals surface area contributed by atoms with Crippen molar-refractivity contribution in [2.24, 2.45) is 4.99 Å². The van der Waals surface area contributed by atoms with Gasteiger partial charge in [-0.2, -0.15) is 0 Å². The van der Waals surface area contributed by atoms with E-state index in [9.17, 15) is 0 Å². The highest BCUT2D eigenvalue weighted by Gasteiger charge is 2.31. The average Bonchev–Trinajstić information content (AvgIpc) is 3.13. The van der Waals surface area contributed by atoms with Crippen LogP contribution in [0.25, 0.3) is 10.8 Å². The lowest BCUT2D eigenvalue weighted by Crippen LogP contribution is -2.29. The Kier molecular flexibility index (Phi) is 10.6. The largest absolute Gasteiger partial charge is 0.379 e. The Balaban J connectivity index is 1.24. The van der Waals surface area contributed by atoms with Crippen LogP contribution >= 0.6 is 0 Å². The van der Waals surface area contributed by atoms with Crippen molar-refractivity contribution in [2.45, 2.75) is 44.7 Å². The summed E-state index contributed by atoms with van der Waals surface area (Å²) < 4.78 is 0. The third kappa shape index (κ3) is 8.10. The Labute approximate surface area is 291 Å². The lowest BCUT2D eigenvalue weighted by molar-refractivity contribution is 0.490. The molecule has 49 heavy (non-hydrogen) atoms. The molecule has 2 N–H and O–H groups in total. The van der Waals surface area contributed by atoms with E-state index >= 15 is 0 Å². The summed E-state index contributed by atoms with van der Waals surface area (Å²) in [5.74, 6) is 0.213. The second kappa shape index (κ2) is 15.5. The highest BCUT2D eigenvalue weighted by Crippen LogP contribution is 2.40. The molecule has 2 atom stereocenters. The molecule has 0 bridgehead atoms. The van der Waals surface area contributed by atoms with E-state index in [-0.39, 0.29) is 12.0 Å². The molecule has 2 unspecified atom stereocenters. The van der Waals surface area contributed by atoms with E-state index in [0.29, 0.717) is 6.42 Å². The maximum Gasteiger partial charge on any atom is 0.0647 e. The van der Waals surface area contributed by atoms with Gasteiger partial charge < -0.3 is 15.5 Å². The SMILES string of the molecule is C=CC1=NC(CC(=C)N(C)c2cc3ccccc3cc2NCc2ccccc2)C(CCC(=C)/C=C(\C)Nc2ccccc2)c2ccccc21. The predicted octanol–water partition coefficient (Wildman–Crippen LogP) is 11.3. The van der Waals surface area contributed by atoms with Crippen LogP contribution in [0.4, 0.5) is 17.1 Å². The first-order valence-electron chi connectivity index (χ1n) is 17.1. The van der Waals surface area contributed by atoms with E-state index in [2.05, 4.69) is 158 Å². The minimum absolute atomic E-state index is 0.0133. The van der Waals surface area contributed by atoms with Crippen molar-refractivity contribution in [3.63, 3.8) is 0 Å². The van der Waals surface area contributed by atoms with E-state index in [1.807, 2.05) is 24.3 Å². The molecule has 4 heteroatoms. The molecule has 0 saturated carbocycles. The molecule has 4 nitrogen and oxygen atoms in total. The van der Waals surface area contributed by atoms with Gasteiger partial charge in [0.25, 0.3) is 0 Å². The van der Waals surface area contributed by atoms with Gasteiger partial charge in [0.05, 0.1) is 23.1 Å². The first-order chi connectivity index (χ1) is 23.9. The van der Waals surface area contributed by atoms with Gasteiger partial charge in [-0.05, 0) is 78.1 Å². The number of hydrogen-bond donors (Lipinski definition) is 2. The number of fused-ring (bicyclic) bond motifs is 2. The lowest BCUT2D eigenvalue weighted by atomic mass is 9.79. The monoisotopic (exact) mass is 642 g/mol. The fraction of sp³-hybridized carbons (Fsp3) is 0.178. The van der Waals surface area contributed by atoms with Gasteiger partial charge in [-0.25, -0.2) is 0 Å². The summed E-state index contributed by atoms with van der Waals surface area (Å²) in [5.41, 5.74) is 11.1. The molecule has 1 heterocycles. The molecular formula is C45H46N4. The van der Waals surface area contributed by atoms with Crippen LogP contribution in [-0.2, 0) is 6.54 Å². The van der Waals surface area contributed by atoms with Crippen LogP contribution in [0.2, 0.25) is 0 Å². The van der Waals surface area contributed by atoms with E-state index in [0.717, 1.165) is 59.1 Å². The number of allylic oxidation sites excluding steroid dienone is 4. The van der Waals surface area contributed by atoms with E-state index in [1.54, 1.807) is 0 Å². The van der Waals surface area contributed by atoms with Gasteiger partial charge in [0, 0.05) is 48.6 Å². The zero-order chi connectivity index (χ0) is 34.2. The summed E-state index contributed by atoms with van der Waals surface area (Å²) in [6.07, 6.45) is 6.56. The fourth-order valence-corrected chi connectivity index (χ4v) is 6.79. The van der Waals surface area contributed by atoms with Crippen molar-refractivity contribution < 1.29 is 0 Å². The van der Waals surface area contributed by atoms with Crippen LogP contribution in [0.3, 0.4) is 0 Å². The topological polar surface area (TPSA) is 39.7 Å². The molecule has 0 saturated heterocycles. The van der Waals surface area contributed by atoms with Crippen LogP contribution in [0.15, 0.2) is 175 Å². The maximum atomic E-state index is 5.32. The molecule has 0 amide bonds. The third-order valence-electron chi connectivity index (χ3n) is 9.38. The predicted molar refractivity (Wildman–Crippen MR) is 212 cm³/mol. The zero-order valence-corrected chi connectivity index (χ0v) is 28.7. The molecule has 5 aromatic rings. The Hall–Kier alpha value is -5.61. The molecule has 0 aromatic heterocycles. The Bertz CT molecular complexity index is 2000. The summed E-state index contributed by atoms with van der Waals surface area (Å²) in [6, 6.07) is 42.5. The van der Waals surface area contributed by atoms with Gasteiger partial charge in [-0.15, -0.1) is 0 Å². The summed E-state index contributed by atoms with van der Waals surface area (Å²) in [4.78, 5) is 7.56. The standard InChI is InChI=1S/C45H46N4/c1-6-42-40-24-16-15-23-39(40)41(26-25-32(2)27-33(3)47-38-21-11-8-12-22-38)43(48-42)28-34(4)49(5)45-30-37-20-14-13-19-36(37)29-44(45)46-31-35-17-9-7-10-18-35/h6-24,27,29-30,41,43,46-47H,1-2,4,25-26,28,31H2,3,5H3/b33-27+. The molecule has 1 aliphatic rings. The van der Waals surface area contributed by atoms with Crippen LogP contribution in [-0.4, -0.2) is 18.8 Å². The van der Waals surface area contributed by atoms with Crippen molar-refractivity contribution in [1.29, 1.82) is 0 Å². The van der Waals surface area contributed by atoms with Crippen molar-refractivity contribution >= 4 is 33.5 Å². The van der Waals surface area contributed by atoms with Crippen LogP contribution in [0.5, 0.6) is 0 Å². The number of aliphatic imine (C=N–C) groups is 1. The van der Waals surface area contributed by atoms with Gasteiger partial charge in [0.2, 0.25) is 0 Å². The minimum atomic E-state index is 0.0133. The van der Waals surface area contributed by atoms with Crippen molar-refractivity contribution in [2.75, 3.05) is 22.6 Å². The number of hydrogen-bond acceptors (Lipinski definition) is 4. The third-order valence-corrected chi connectivity index (χ3v) is 9.38. The summed E-state index contributed by atoms with van der Waals surface area (Å²) >= 11 is 0. The molecule has 0 fully saturated rings. The number of para-hydroxylation sites is 1. The summed E-state index contributed by atoms with van der Waals surface area (Å²) in [7, 11) is 2.12. The van der Waals surface area contributed by atoms with E-state index in [1.165, 1.54) is 27.5 Å². The van der Waals surface area contributed by atoms with Gasteiger partial charge in [0.15, 0.2) is 0 Å². The number of nitrogens with one attached hydrogen (secondary N) is 2. The second-order valence-electron chi connectivity index (χ2n) is 12.9. The van der Waals surface area contributed by atoms with Crippen molar-refractivity contribution in [3.8, 4) is 0 Å². The average molecular weight is 643 g/mol. The summed E-state index contributed by atoms with van der Waals surface area (Å²) in [5, 5.41) is 9.60. The molecule has 1 aliphatic heterocycles. The highest BCUT2D eigenvalue weighted by molar-refractivity contribution is 6.10. The zero-order valence-electron chi connectivity index (χ0n) is 28.7. The minimum Gasteiger partial charge on any atom is -0.379 e. The van der Waals surface area contributed by atoms with E-state index < -0.39 is 0 Å². The fourth-order valence-electron chi connectivity index (χ4n) is 6.79. The quantitative estimate of drug-likeness (QED) is 0.118. The maximum absolute atomic E-state index is 5.32. The Morgan fingerprint density at radius 2 is 1.49 bits per heavy atom. The Morgan fingerprint density at radius 1 is 0.837 bits per heavy atom. The van der Waals surface area contributed by atoms with E-state index in [4.69, 9.17) is 4.99 Å². The highest BCUT2D eigenvalue weighted by atomic mass is 15.1. The Morgan fingerprint density at radius 3 is 2.22 bits per heavy atom. The molecule has 5 aromatic carbocycles. The molecule has 0 aliphatic carbocycles. The smallest absolute Gasteiger partial charge is 0.0647 e. The summed E-state index contributed by atoms with van der Waals surface area (Å²) in [6.45, 7) is 16.0. The van der Waals surface area contributed by atoms with Crippen molar-refractivity contribution in [3.05, 3.63) is 187 Å². The lowest BCUT2D eigenvalue weighted by Gasteiger charge is -2.34. The number of nitrogens with zero attached hydrogens (tertiary/aromatic N) is 2. The van der Waals surface area contributed by atoms with Crippen LogP contribution < -0.4 is 15.5 Å². The van der Waals surface area contributed by atoms with Gasteiger partial charge in [-0.3, -0.25) is 4.99 Å². The molecule has 6 rings (SSSR count). The molecule has 0 radical (unpaired) electrons. The van der Waals surface area contributed by atoms with Gasteiger partial charge in [-0.1, -0.05) is 122 Å². The second-order valence-corrected chi connectivity index (χ2v) is 12.9. The molecule has 0 spiro atoms. The van der Waals surface area contributed by atoms with Gasteiger partial charge >= 0.3 is 0 Å². The van der Waals surface area contributed by atoms with Gasteiger partial charge in [0.1, 0.15) is 0 Å². The number of rotatable bonds is 14. The first-order valence-corrected chi connectivity index (χ1v) is 17.1. The molecule has 246 valence electrons. The van der Waals surface area contributed by atoms with Crippen LogP contribution in [0, 0.1) is 0 Å². The first kappa shape index (κ1) is 33.3. The number of anilines is 3. The number of benzene rings is 5. The van der Waals surface area contributed by atoms with Crippen LogP contribution in [0.1, 0.15) is 48.8 Å².